The summed E-state index contributed by atoms with van der Waals surface area (Å²) in [6, 6.07) is 12.3. The Morgan fingerprint density at radius 2 is 1.88 bits per heavy atom. The second-order valence-electron chi connectivity index (χ2n) is 6.18. The zero-order valence-corrected chi connectivity index (χ0v) is 14.4. The average Bonchev–Trinajstić information content (AvgIpc) is 3.09. The molecule has 0 aliphatic carbocycles. The van der Waals surface area contributed by atoms with Gasteiger partial charge in [0, 0.05) is 18.9 Å². The number of aryl methyl sites for hydroxylation is 1. The van der Waals surface area contributed by atoms with Crippen LogP contribution in [0.4, 0.5) is 4.39 Å². The molecule has 6 heteroatoms. The third-order valence-corrected chi connectivity index (χ3v) is 4.41. The lowest BCUT2D eigenvalue weighted by atomic mass is 10.0. The van der Waals surface area contributed by atoms with Gasteiger partial charge in [-0.1, -0.05) is 36.4 Å². The minimum Gasteiger partial charge on any atom is -0.480 e. The molecule has 1 N–H and O–H groups in total. The van der Waals surface area contributed by atoms with E-state index in [2.05, 4.69) is 0 Å². The summed E-state index contributed by atoms with van der Waals surface area (Å²) >= 11 is 0. The maximum absolute atomic E-state index is 13.9. The number of aliphatic carboxylic acids is 1. The molecule has 3 rings (SSSR count). The Kier molecular flexibility index (Phi) is 4.75. The zero-order valence-electron chi connectivity index (χ0n) is 14.4. The fourth-order valence-corrected chi connectivity index (χ4v) is 2.87. The minimum atomic E-state index is -1.12. The molecule has 0 aliphatic rings. The number of amides is 1. The van der Waals surface area contributed by atoms with E-state index in [1.165, 1.54) is 19.2 Å². The lowest BCUT2D eigenvalue weighted by Gasteiger charge is -2.24. The predicted octanol–water partition coefficient (Wildman–Crippen LogP) is 3.65. The van der Waals surface area contributed by atoms with Gasteiger partial charge in [-0.15, -0.1) is 0 Å². The van der Waals surface area contributed by atoms with Gasteiger partial charge >= 0.3 is 5.97 Å². The number of carboxylic acid groups (broad SMARTS) is 1. The lowest BCUT2D eigenvalue weighted by molar-refractivity contribution is -0.141. The number of carbonyl (C=O) groups is 2. The molecule has 134 valence electrons. The smallest absolute Gasteiger partial charge is 0.326 e. The van der Waals surface area contributed by atoms with Gasteiger partial charge in [-0.2, -0.15) is 0 Å². The first-order valence-electron chi connectivity index (χ1n) is 8.11. The summed E-state index contributed by atoms with van der Waals surface area (Å²) in [5, 5.41) is 10.0. The highest BCUT2D eigenvalue weighted by atomic mass is 19.1. The maximum Gasteiger partial charge on any atom is 0.326 e. The van der Waals surface area contributed by atoms with Crippen molar-refractivity contribution in [1.82, 2.24) is 4.90 Å². The van der Waals surface area contributed by atoms with Crippen LogP contribution in [0.15, 0.2) is 52.9 Å². The summed E-state index contributed by atoms with van der Waals surface area (Å²) in [7, 11) is 1.40. The standard InChI is InChI=1S/C20H18FNO4/c1-12-8-9-15(21)18-14(12)11-17(26-18)19(23)22(2)16(20(24)25)10-13-6-4-3-5-7-13/h3-9,11,16H,10H2,1-2H3,(H,24,25). The lowest BCUT2D eigenvalue weighted by Crippen LogP contribution is -2.43. The number of likely N-dealkylation sites (N-methyl/N-ethyl adjacent to an activating group) is 1. The monoisotopic (exact) mass is 355 g/mol. The number of benzene rings is 2. The fourth-order valence-electron chi connectivity index (χ4n) is 2.87. The van der Waals surface area contributed by atoms with Crippen molar-refractivity contribution in [3.8, 4) is 0 Å². The quantitative estimate of drug-likeness (QED) is 0.758. The van der Waals surface area contributed by atoms with Crippen LogP contribution in [0.2, 0.25) is 0 Å². The molecule has 0 bridgehead atoms. The van der Waals surface area contributed by atoms with Crippen molar-refractivity contribution in [1.29, 1.82) is 0 Å². The van der Waals surface area contributed by atoms with Crippen molar-refractivity contribution in [3.63, 3.8) is 0 Å². The highest BCUT2D eigenvalue weighted by molar-refractivity contribution is 5.98. The van der Waals surface area contributed by atoms with Gasteiger partial charge in [0.25, 0.3) is 5.91 Å². The molecule has 0 spiro atoms. The van der Waals surface area contributed by atoms with E-state index in [4.69, 9.17) is 4.42 Å². The van der Waals surface area contributed by atoms with Gasteiger partial charge in [0.05, 0.1) is 0 Å². The zero-order chi connectivity index (χ0) is 18.8. The van der Waals surface area contributed by atoms with Crippen LogP contribution in [0.1, 0.15) is 21.7 Å². The van der Waals surface area contributed by atoms with Crippen LogP contribution >= 0.6 is 0 Å². The highest BCUT2D eigenvalue weighted by Crippen LogP contribution is 2.26. The predicted molar refractivity (Wildman–Crippen MR) is 94.6 cm³/mol. The molecule has 26 heavy (non-hydrogen) atoms. The number of carbonyl (C=O) groups excluding carboxylic acids is 1. The molecule has 0 saturated carbocycles. The number of furan rings is 1. The second-order valence-corrected chi connectivity index (χ2v) is 6.18. The van der Waals surface area contributed by atoms with E-state index >= 15 is 0 Å². The fraction of sp³-hybridized carbons (Fsp3) is 0.200. The summed E-state index contributed by atoms with van der Waals surface area (Å²) in [6.07, 6.45) is 0.159. The molecule has 1 unspecified atom stereocenters. The molecule has 1 aromatic heterocycles. The number of hydrogen-bond donors (Lipinski definition) is 1. The van der Waals surface area contributed by atoms with E-state index in [0.29, 0.717) is 5.39 Å². The van der Waals surface area contributed by atoms with Crippen LogP contribution in [0.3, 0.4) is 0 Å². The van der Waals surface area contributed by atoms with Crippen molar-refractivity contribution in [2.75, 3.05) is 7.05 Å². The minimum absolute atomic E-state index is 0.00307. The number of hydrogen-bond acceptors (Lipinski definition) is 3. The molecule has 5 nitrogen and oxygen atoms in total. The van der Waals surface area contributed by atoms with Gasteiger partial charge < -0.3 is 14.4 Å². The van der Waals surface area contributed by atoms with Crippen LogP contribution in [-0.4, -0.2) is 35.0 Å². The SMILES string of the molecule is Cc1ccc(F)c2oc(C(=O)N(C)C(Cc3ccccc3)C(=O)O)cc12. The van der Waals surface area contributed by atoms with Gasteiger partial charge in [-0.05, 0) is 30.2 Å². The molecular weight excluding hydrogens is 337 g/mol. The molecule has 0 saturated heterocycles. The largest absolute Gasteiger partial charge is 0.480 e. The molecular formula is C20H18FNO4. The maximum atomic E-state index is 13.9. The van der Waals surface area contributed by atoms with E-state index in [0.717, 1.165) is 16.0 Å². The summed E-state index contributed by atoms with van der Waals surface area (Å²) in [5.41, 5.74) is 1.56. The number of halogens is 1. The first kappa shape index (κ1) is 17.7. The second kappa shape index (κ2) is 7.00. The first-order chi connectivity index (χ1) is 12.4. The van der Waals surface area contributed by atoms with Crippen LogP contribution in [-0.2, 0) is 11.2 Å². The Morgan fingerprint density at radius 1 is 1.19 bits per heavy atom. The summed E-state index contributed by atoms with van der Waals surface area (Å²) in [6.45, 7) is 1.78. The van der Waals surface area contributed by atoms with Crippen molar-refractivity contribution >= 4 is 22.8 Å². The molecule has 0 fully saturated rings. The Hall–Kier alpha value is -3.15. The Morgan fingerprint density at radius 3 is 2.50 bits per heavy atom. The summed E-state index contributed by atoms with van der Waals surface area (Å²) in [4.78, 5) is 25.5. The first-order valence-corrected chi connectivity index (χ1v) is 8.11. The van der Waals surface area contributed by atoms with Crippen molar-refractivity contribution in [2.45, 2.75) is 19.4 Å². The van der Waals surface area contributed by atoms with Crippen LogP contribution in [0.25, 0.3) is 11.0 Å². The van der Waals surface area contributed by atoms with E-state index in [9.17, 15) is 19.1 Å². The molecule has 1 heterocycles. The third-order valence-electron chi connectivity index (χ3n) is 4.41. The van der Waals surface area contributed by atoms with E-state index in [1.54, 1.807) is 37.3 Å². The summed E-state index contributed by atoms with van der Waals surface area (Å²) in [5.74, 6) is -2.38. The average molecular weight is 355 g/mol. The van der Waals surface area contributed by atoms with Crippen LogP contribution < -0.4 is 0 Å². The van der Waals surface area contributed by atoms with Gasteiger partial charge in [0.2, 0.25) is 0 Å². The molecule has 1 atom stereocenters. The number of rotatable bonds is 5. The Bertz CT molecular complexity index is 926. The highest BCUT2D eigenvalue weighted by Gasteiger charge is 2.29. The van der Waals surface area contributed by atoms with Gasteiger partial charge in [0.1, 0.15) is 6.04 Å². The molecule has 1 amide bonds. The van der Waals surface area contributed by atoms with Crippen molar-refractivity contribution in [3.05, 3.63) is 71.2 Å². The van der Waals surface area contributed by atoms with Crippen LogP contribution in [0.5, 0.6) is 0 Å². The normalized spacial score (nSPS) is 12.1. The van der Waals surface area contributed by atoms with Crippen molar-refractivity contribution < 1.29 is 23.5 Å². The van der Waals surface area contributed by atoms with Crippen molar-refractivity contribution in [2.24, 2.45) is 0 Å². The van der Waals surface area contributed by atoms with Crippen LogP contribution in [0, 0.1) is 12.7 Å². The molecule has 3 aromatic rings. The molecule has 0 aliphatic heterocycles. The molecule has 0 radical (unpaired) electrons. The van der Waals surface area contributed by atoms with E-state index < -0.39 is 23.7 Å². The van der Waals surface area contributed by atoms with E-state index in [-0.39, 0.29) is 17.8 Å². The van der Waals surface area contributed by atoms with Gasteiger partial charge in [0.15, 0.2) is 17.2 Å². The van der Waals surface area contributed by atoms with Gasteiger partial charge in [-0.3, -0.25) is 4.79 Å². The Balaban J connectivity index is 1.91. The third kappa shape index (κ3) is 3.31. The summed E-state index contributed by atoms with van der Waals surface area (Å²) < 4.78 is 19.3. The Labute approximate surface area is 149 Å². The topological polar surface area (TPSA) is 70.8 Å². The number of fused-ring (bicyclic) bond motifs is 1. The van der Waals surface area contributed by atoms with Gasteiger partial charge in [-0.25, -0.2) is 9.18 Å². The van der Waals surface area contributed by atoms with E-state index in [1.807, 2.05) is 6.07 Å². The molecule has 2 aromatic carbocycles. The number of carboxylic acids is 1. The number of nitrogens with zero attached hydrogens (tertiary/aromatic N) is 1.